The van der Waals surface area contributed by atoms with E-state index in [1.807, 2.05) is 78.9 Å². The molecule has 0 spiro atoms. The molecule has 34 heavy (non-hydrogen) atoms. The van der Waals surface area contributed by atoms with Gasteiger partial charge in [-0.2, -0.15) is 0 Å². The standard InChI is InChI=1S/C27H33O6P/c28-34(24-31-27-16-8-3-9-17-27,32-20-10-18-29-22-25-12-4-1-5-13-25)33-21-11-19-30-23-26-14-6-2-7-15-26/h1-9,12-17H,10-11,18-24H2. The summed E-state index contributed by atoms with van der Waals surface area (Å²) in [6.07, 6.45) is 1.06. The highest BCUT2D eigenvalue weighted by molar-refractivity contribution is 7.53. The molecule has 0 unspecified atom stereocenters. The molecule has 3 rings (SSSR count). The van der Waals surface area contributed by atoms with Gasteiger partial charge in [-0.05, 0) is 36.1 Å². The lowest BCUT2D eigenvalue weighted by Crippen LogP contribution is -2.09. The lowest BCUT2D eigenvalue weighted by atomic mass is 10.2. The van der Waals surface area contributed by atoms with Crippen molar-refractivity contribution in [2.24, 2.45) is 0 Å². The number of rotatable bonds is 17. The lowest BCUT2D eigenvalue weighted by molar-refractivity contribution is 0.0927. The van der Waals surface area contributed by atoms with Crippen LogP contribution in [0.2, 0.25) is 0 Å². The second-order valence-electron chi connectivity index (χ2n) is 7.65. The summed E-state index contributed by atoms with van der Waals surface area (Å²) in [5, 5.41) is 0. The molecule has 0 aromatic heterocycles. The van der Waals surface area contributed by atoms with E-state index in [4.69, 9.17) is 23.3 Å². The fourth-order valence-corrected chi connectivity index (χ4v) is 4.39. The Bertz CT molecular complexity index is 897. The molecule has 0 bridgehead atoms. The van der Waals surface area contributed by atoms with Crippen LogP contribution in [0.3, 0.4) is 0 Å². The molecular formula is C27H33O6P. The SMILES string of the molecule is O=P(COc1ccccc1)(OCCCOCc1ccccc1)OCCCOCc1ccccc1. The van der Waals surface area contributed by atoms with Crippen LogP contribution in [-0.2, 0) is 36.3 Å². The lowest BCUT2D eigenvalue weighted by Gasteiger charge is -2.19. The highest BCUT2D eigenvalue weighted by atomic mass is 31.2. The zero-order valence-corrected chi connectivity index (χ0v) is 20.3. The van der Waals surface area contributed by atoms with Gasteiger partial charge in [-0.1, -0.05) is 78.9 Å². The van der Waals surface area contributed by atoms with Crippen LogP contribution in [0, 0.1) is 0 Å². The van der Waals surface area contributed by atoms with E-state index in [-0.39, 0.29) is 19.6 Å². The molecule has 0 aliphatic rings. The highest BCUT2D eigenvalue weighted by Crippen LogP contribution is 2.48. The first kappa shape index (κ1) is 26.1. The molecule has 0 aliphatic carbocycles. The maximum atomic E-state index is 13.2. The highest BCUT2D eigenvalue weighted by Gasteiger charge is 2.26. The quantitative estimate of drug-likeness (QED) is 0.162. The van der Waals surface area contributed by atoms with E-state index >= 15 is 0 Å². The Balaban J connectivity index is 1.36. The van der Waals surface area contributed by atoms with Crippen molar-refractivity contribution in [3.05, 3.63) is 102 Å². The molecule has 6 nitrogen and oxygen atoms in total. The van der Waals surface area contributed by atoms with Gasteiger partial charge >= 0.3 is 7.60 Å². The third-order valence-electron chi connectivity index (χ3n) is 4.80. The van der Waals surface area contributed by atoms with Gasteiger partial charge in [0.05, 0.1) is 26.4 Å². The smallest absolute Gasteiger partial charge is 0.367 e. The average Bonchev–Trinajstić information content (AvgIpc) is 2.89. The Hall–Kier alpha value is -2.47. The van der Waals surface area contributed by atoms with Crippen LogP contribution in [0.25, 0.3) is 0 Å². The Kier molecular flexibility index (Phi) is 11.9. The normalized spacial score (nSPS) is 11.4. The second-order valence-corrected chi connectivity index (χ2v) is 9.64. The molecule has 0 N–H and O–H groups in total. The summed E-state index contributed by atoms with van der Waals surface area (Å²) in [4.78, 5) is 0. The summed E-state index contributed by atoms with van der Waals surface area (Å²) in [5.41, 5.74) is 2.23. The minimum Gasteiger partial charge on any atom is -0.481 e. The molecule has 0 radical (unpaired) electrons. The van der Waals surface area contributed by atoms with E-state index in [2.05, 4.69) is 0 Å². The molecular weight excluding hydrogens is 451 g/mol. The molecule has 0 amide bonds. The third kappa shape index (κ3) is 10.6. The van der Waals surface area contributed by atoms with Crippen LogP contribution < -0.4 is 4.74 Å². The van der Waals surface area contributed by atoms with Crippen molar-refractivity contribution in [2.75, 3.05) is 32.8 Å². The van der Waals surface area contributed by atoms with Crippen molar-refractivity contribution in [1.29, 1.82) is 0 Å². The van der Waals surface area contributed by atoms with Crippen molar-refractivity contribution in [3.8, 4) is 5.75 Å². The molecule has 0 fully saturated rings. The predicted molar refractivity (Wildman–Crippen MR) is 133 cm³/mol. The van der Waals surface area contributed by atoms with Gasteiger partial charge in [0.1, 0.15) is 5.75 Å². The average molecular weight is 485 g/mol. The fourth-order valence-electron chi connectivity index (χ4n) is 3.04. The van der Waals surface area contributed by atoms with E-state index in [1.54, 1.807) is 12.1 Å². The van der Waals surface area contributed by atoms with Gasteiger partial charge in [-0.25, -0.2) is 0 Å². The van der Waals surface area contributed by atoms with Gasteiger partial charge in [-0.15, -0.1) is 0 Å². The Morgan fingerprint density at radius 1 is 0.559 bits per heavy atom. The molecule has 0 heterocycles. The summed E-state index contributed by atoms with van der Waals surface area (Å²) in [7, 11) is -3.43. The van der Waals surface area contributed by atoms with Gasteiger partial charge < -0.3 is 23.3 Å². The Morgan fingerprint density at radius 2 is 1.00 bits per heavy atom. The van der Waals surface area contributed by atoms with Gasteiger partial charge in [0.25, 0.3) is 0 Å². The summed E-state index contributed by atoms with van der Waals surface area (Å²) in [6, 6.07) is 29.2. The number of ether oxygens (including phenoxy) is 3. The zero-order valence-electron chi connectivity index (χ0n) is 19.4. The number of hydrogen-bond acceptors (Lipinski definition) is 6. The monoisotopic (exact) mass is 484 g/mol. The first-order valence-electron chi connectivity index (χ1n) is 11.5. The van der Waals surface area contributed by atoms with E-state index < -0.39 is 7.60 Å². The fraction of sp³-hybridized carbons (Fsp3) is 0.333. The van der Waals surface area contributed by atoms with Crippen LogP contribution in [0.1, 0.15) is 24.0 Å². The van der Waals surface area contributed by atoms with Gasteiger partial charge in [0.2, 0.25) is 0 Å². The van der Waals surface area contributed by atoms with E-state index in [9.17, 15) is 4.57 Å². The summed E-state index contributed by atoms with van der Waals surface area (Å²) in [6.45, 7) is 2.59. The van der Waals surface area contributed by atoms with Crippen LogP contribution in [0.5, 0.6) is 5.75 Å². The number of hydrogen-bond donors (Lipinski definition) is 0. The first-order valence-corrected chi connectivity index (χ1v) is 13.3. The number of para-hydroxylation sites is 1. The van der Waals surface area contributed by atoms with Crippen molar-refractivity contribution < 1.29 is 27.8 Å². The summed E-state index contributed by atoms with van der Waals surface area (Å²) < 4.78 is 41.6. The molecule has 7 heteroatoms. The summed E-state index contributed by atoms with van der Waals surface area (Å²) >= 11 is 0. The Labute approximate surface area is 202 Å². The van der Waals surface area contributed by atoms with Crippen molar-refractivity contribution in [2.45, 2.75) is 26.1 Å². The van der Waals surface area contributed by atoms with Crippen molar-refractivity contribution >= 4 is 7.60 Å². The number of benzene rings is 3. The molecule has 0 atom stereocenters. The van der Waals surface area contributed by atoms with Crippen molar-refractivity contribution in [1.82, 2.24) is 0 Å². The van der Waals surface area contributed by atoms with Crippen LogP contribution in [0.15, 0.2) is 91.0 Å². The predicted octanol–water partition coefficient (Wildman–Crippen LogP) is 6.46. The summed E-state index contributed by atoms with van der Waals surface area (Å²) in [5.74, 6) is 0.618. The van der Waals surface area contributed by atoms with Crippen LogP contribution in [-0.4, -0.2) is 32.8 Å². The largest absolute Gasteiger partial charge is 0.481 e. The Morgan fingerprint density at radius 3 is 1.47 bits per heavy atom. The second kappa shape index (κ2) is 15.4. The molecule has 3 aromatic rings. The molecule has 0 saturated carbocycles. The first-order chi connectivity index (χ1) is 16.7. The van der Waals surface area contributed by atoms with Gasteiger partial charge in [0, 0.05) is 13.2 Å². The van der Waals surface area contributed by atoms with Crippen LogP contribution in [0.4, 0.5) is 0 Å². The van der Waals surface area contributed by atoms with E-state index in [0.29, 0.717) is 45.0 Å². The van der Waals surface area contributed by atoms with Gasteiger partial charge in [-0.3, -0.25) is 4.57 Å². The topological polar surface area (TPSA) is 63.2 Å². The molecule has 182 valence electrons. The van der Waals surface area contributed by atoms with Crippen molar-refractivity contribution in [3.63, 3.8) is 0 Å². The maximum Gasteiger partial charge on any atom is 0.367 e. The molecule has 3 aromatic carbocycles. The zero-order chi connectivity index (χ0) is 23.7. The maximum absolute atomic E-state index is 13.2. The third-order valence-corrected chi connectivity index (χ3v) is 6.39. The molecule has 0 aliphatic heterocycles. The van der Waals surface area contributed by atoms with E-state index in [1.165, 1.54) is 0 Å². The van der Waals surface area contributed by atoms with Gasteiger partial charge in [0.15, 0.2) is 6.35 Å². The molecule has 0 saturated heterocycles. The van der Waals surface area contributed by atoms with Crippen LogP contribution >= 0.6 is 7.60 Å². The van der Waals surface area contributed by atoms with E-state index in [0.717, 1.165) is 11.1 Å². The minimum atomic E-state index is -3.43. The minimum absolute atomic E-state index is 0.146.